The molecular weight excluding hydrogens is 282 g/mol. The highest BCUT2D eigenvalue weighted by molar-refractivity contribution is 9.10. The Balaban J connectivity index is 2.55. The van der Waals surface area contributed by atoms with Crippen LogP contribution >= 0.6 is 15.9 Å². The van der Waals surface area contributed by atoms with Crippen LogP contribution < -0.4 is 5.32 Å². The number of rotatable bonds is 5. The third-order valence-electron chi connectivity index (χ3n) is 2.43. The lowest BCUT2D eigenvalue weighted by Gasteiger charge is -2.13. The van der Waals surface area contributed by atoms with Crippen molar-refractivity contribution in [1.29, 1.82) is 0 Å². The zero-order chi connectivity index (χ0) is 12.8. The molecule has 0 aliphatic rings. The molecule has 0 aliphatic heterocycles. The Morgan fingerprint density at radius 1 is 1.35 bits per heavy atom. The number of hydrogen-bond donors (Lipinski definition) is 1. The summed E-state index contributed by atoms with van der Waals surface area (Å²) in [5, 5.41) is 3.28. The van der Waals surface area contributed by atoms with Crippen LogP contribution in [0.2, 0.25) is 0 Å². The van der Waals surface area contributed by atoms with Crippen LogP contribution in [0, 0.1) is 13.8 Å². The zero-order valence-electron chi connectivity index (χ0n) is 10.5. The largest absolute Gasteiger partial charge is 0.466 e. The molecule has 4 heteroatoms. The summed E-state index contributed by atoms with van der Waals surface area (Å²) in [5.41, 5.74) is 3.43. The smallest absolute Gasteiger partial charge is 0.307 e. The van der Waals surface area contributed by atoms with Crippen molar-refractivity contribution in [2.24, 2.45) is 0 Å². The summed E-state index contributed by atoms with van der Waals surface area (Å²) in [6.45, 7) is 6.95. The Bertz CT molecular complexity index is 381. The third kappa shape index (κ3) is 4.38. The van der Waals surface area contributed by atoms with Crippen LogP contribution in [0.1, 0.15) is 24.5 Å². The lowest BCUT2D eigenvalue weighted by Crippen LogP contribution is -2.12. The highest BCUT2D eigenvalue weighted by Gasteiger charge is 2.05. The summed E-state index contributed by atoms with van der Waals surface area (Å²) in [4.78, 5) is 11.2. The summed E-state index contributed by atoms with van der Waals surface area (Å²) < 4.78 is 5.95. The quantitative estimate of drug-likeness (QED) is 0.847. The summed E-state index contributed by atoms with van der Waals surface area (Å²) in [5.74, 6) is -0.160. The third-order valence-corrected chi connectivity index (χ3v) is 2.89. The number of anilines is 1. The van der Waals surface area contributed by atoms with E-state index in [2.05, 4.69) is 33.4 Å². The number of nitrogens with one attached hydrogen (secondary N) is 1. The van der Waals surface area contributed by atoms with Crippen molar-refractivity contribution in [3.8, 4) is 0 Å². The predicted molar refractivity (Wildman–Crippen MR) is 73.4 cm³/mol. The Kier molecular flexibility index (Phi) is 5.48. The number of halogens is 1. The van der Waals surface area contributed by atoms with Crippen molar-refractivity contribution in [3.05, 3.63) is 27.7 Å². The van der Waals surface area contributed by atoms with E-state index in [9.17, 15) is 4.79 Å². The lowest BCUT2D eigenvalue weighted by molar-refractivity contribution is -0.142. The summed E-state index contributed by atoms with van der Waals surface area (Å²) >= 11 is 3.46. The number of aryl methyl sites for hydroxylation is 2. The molecule has 0 spiro atoms. The molecule has 0 heterocycles. The van der Waals surface area contributed by atoms with Gasteiger partial charge in [0.1, 0.15) is 0 Å². The molecule has 1 rings (SSSR count). The van der Waals surface area contributed by atoms with Crippen molar-refractivity contribution in [2.75, 3.05) is 18.5 Å². The number of ether oxygens (including phenoxy) is 1. The first-order valence-electron chi connectivity index (χ1n) is 5.70. The van der Waals surface area contributed by atoms with Gasteiger partial charge in [-0.05, 0) is 44.0 Å². The van der Waals surface area contributed by atoms with Crippen molar-refractivity contribution in [2.45, 2.75) is 27.2 Å². The van der Waals surface area contributed by atoms with E-state index in [1.807, 2.05) is 20.8 Å². The molecule has 1 aromatic rings. The number of esters is 1. The van der Waals surface area contributed by atoms with E-state index >= 15 is 0 Å². The zero-order valence-corrected chi connectivity index (χ0v) is 12.1. The van der Waals surface area contributed by atoms with Gasteiger partial charge >= 0.3 is 5.97 Å². The fourth-order valence-corrected chi connectivity index (χ4v) is 2.40. The van der Waals surface area contributed by atoms with Crippen LogP contribution in [0.3, 0.4) is 0 Å². The Morgan fingerprint density at radius 2 is 1.94 bits per heavy atom. The SMILES string of the molecule is CCOC(=O)CCNc1c(C)cc(Br)cc1C. The Hall–Kier alpha value is -1.03. The van der Waals surface area contributed by atoms with Gasteiger partial charge in [-0.15, -0.1) is 0 Å². The molecule has 0 amide bonds. The van der Waals surface area contributed by atoms with Crippen LogP contribution in [0.25, 0.3) is 0 Å². The van der Waals surface area contributed by atoms with Crippen molar-refractivity contribution in [3.63, 3.8) is 0 Å². The Labute approximate surface area is 111 Å². The number of carbonyl (C=O) groups excluding carboxylic acids is 1. The minimum atomic E-state index is -0.160. The molecule has 0 bridgehead atoms. The number of carbonyl (C=O) groups is 1. The lowest BCUT2D eigenvalue weighted by atomic mass is 10.1. The van der Waals surface area contributed by atoms with E-state index in [1.165, 1.54) is 11.1 Å². The summed E-state index contributed by atoms with van der Waals surface area (Å²) in [6, 6.07) is 4.11. The maximum Gasteiger partial charge on any atom is 0.307 e. The molecule has 1 aromatic carbocycles. The molecule has 1 N–H and O–H groups in total. The van der Waals surface area contributed by atoms with Gasteiger partial charge in [0.2, 0.25) is 0 Å². The summed E-state index contributed by atoms with van der Waals surface area (Å²) in [7, 11) is 0. The average Bonchev–Trinajstić information content (AvgIpc) is 2.22. The maximum atomic E-state index is 11.2. The van der Waals surface area contributed by atoms with Crippen molar-refractivity contribution >= 4 is 27.6 Å². The van der Waals surface area contributed by atoms with Gasteiger partial charge in [0.05, 0.1) is 13.0 Å². The second-order valence-corrected chi connectivity index (χ2v) is 4.81. The van der Waals surface area contributed by atoms with Crippen LogP contribution in [0.15, 0.2) is 16.6 Å². The summed E-state index contributed by atoms with van der Waals surface area (Å²) in [6.07, 6.45) is 0.392. The minimum absolute atomic E-state index is 0.160. The molecule has 0 saturated heterocycles. The molecule has 94 valence electrons. The molecule has 0 unspecified atom stereocenters. The van der Waals surface area contributed by atoms with Crippen molar-refractivity contribution in [1.82, 2.24) is 0 Å². The molecule has 0 aromatic heterocycles. The molecule has 0 aliphatic carbocycles. The number of hydrogen-bond acceptors (Lipinski definition) is 3. The topological polar surface area (TPSA) is 38.3 Å². The average molecular weight is 300 g/mol. The van der Waals surface area contributed by atoms with Gasteiger partial charge in [0.15, 0.2) is 0 Å². The fourth-order valence-electron chi connectivity index (χ4n) is 1.71. The molecule has 0 fully saturated rings. The second-order valence-electron chi connectivity index (χ2n) is 3.90. The van der Waals surface area contributed by atoms with Gasteiger partial charge in [0, 0.05) is 16.7 Å². The van der Waals surface area contributed by atoms with Gasteiger partial charge in [-0.2, -0.15) is 0 Å². The van der Waals surface area contributed by atoms with Crippen LogP contribution in [-0.4, -0.2) is 19.1 Å². The predicted octanol–water partition coefficient (Wildman–Crippen LogP) is 3.43. The molecule has 0 radical (unpaired) electrons. The number of benzene rings is 1. The van der Waals surface area contributed by atoms with E-state index in [0.29, 0.717) is 19.6 Å². The van der Waals surface area contributed by atoms with Crippen LogP contribution in [0.5, 0.6) is 0 Å². The molecule has 0 atom stereocenters. The molecule has 17 heavy (non-hydrogen) atoms. The molecular formula is C13H18BrNO2. The van der Waals surface area contributed by atoms with Gasteiger partial charge in [-0.1, -0.05) is 15.9 Å². The Morgan fingerprint density at radius 3 is 2.47 bits per heavy atom. The highest BCUT2D eigenvalue weighted by Crippen LogP contribution is 2.24. The monoisotopic (exact) mass is 299 g/mol. The van der Waals surface area contributed by atoms with E-state index in [-0.39, 0.29) is 5.97 Å². The van der Waals surface area contributed by atoms with E-state index in [1.54, 1.807) is 0 Å². The van der Waals surface area contributed by atoms with E-state index < -0.39 is 0 Å². The highest BCUT2D eigenvalue weighted by atomic mass is 79.9. The first-order chi connectivity index (χ1) is 8.04. The fraction of sp³-hybridized carbons (Fsp3) is 0.462. The minimum Gasteiger partial charge on any atom is -0.466 e. The van der Waals surface area contributed by atoms with Crippen LogP contribution in [-0.2, 0) is 9.53 Å². The standard InChI is InChI=1S/C13H18BrNO2/c1-4-17-12(16)5-6-15-13-9(2)7-11(14)8-10(13)3/h7-8,15H,4-6H2,1-3H3. The van der Waals surface area contributed by atoms with E-state index in [4.69, 9.17) is 4.74 Å². The van der Waals surface area contributed by atoms with Gasteiger partial charge in [0.25, 0.3) is 0 Å². The van der Waals surface area contributed by atoms with Gasteiger partial charge in [-0.25, -0.2) is 0 Å². The second kappa shape index (κ2) is 6.64. The maximum absolute atomic E-state index is 11.2. The van der Waals surface area contributed by atoms with Gasteiger partial charge < -0.3 is 10.1 Å². The van der Waals surface area contributed by atoms with Crippen molar-refractivity contribution < 1.29 is 9.53 Å². The normalized spacial score (nSPS) is 10.1. The van der Waals surface area contributed by atoms with Crippen LogP contribution in [0.4, 0.5) is 5.69 Å². The molecule has 0 saturated carbocycles. The molecule has 3 nitrogen and oxygen atoms in total. The van der Waals surface area contributed by atoms with E-state index in [0.717, 1.165) is 10.2 Å². The van der Waals surface area contributed by atoms with Gasteiger partial charge in [-0.3, -0.25) is 4.79 Å². The first-order valence-corrected chi connectivity index (χ1v) is 6.50. The first kappa shape index (κ1) is 14.0.